The molecule has 8 nitrogen and oxygen atoms in total. The van der Waals surface area contributed by atoms with Crippen LogP contribution in [0, 0.1) is 0 Å². The molecule has 0 aromatic carbocycles. The van der Waals surface area contributed by atoms with E-state index in [4.69, 9.17) is 15.5 Å². The van der Waals surface area contributed by atoms with Crippen molar-refractivity contribution >= 4 is 17.6 Å². The Hall–Kier alpha value is -2.82. The molecule has 11 heteroatoms. The van der Waals surface area contributed by atoms with Crippen molar-refractivity contribution in [2.45, 2.75) is 50.6 Å². The van der Waals surface area contributed by atoms with Crippen molar-refractivity contribution in [2.24, 2.45) is 0 Å². The standard InChI is InChI=1S/C21H25F3N6O2/c1-2-21(24)3-4-29(11-21)20-27-15(12-5-16(32-19(22)23)18(25)26-8-12)7-17(28-20)30-9-14-6-13(30)10-31-14/h5,7-8,13-14,19H,2-4,6,9-11H2,1H3,(H2,25,26)/t13-,14-,21?/m0/s1. The maximum absolute atomic E-state index is 14.9. The van der Waals surface area contributed by atoms with Gasteiger partial charge in [-0.25, -0.2) is 14.4 Å². The Balaban J connectivity index is 1.54. The highest BCUT2D eigenvalue weighted by atomic mass is 19.3. The van der Waals surface area contributed by atoms with Gasteiger partial charge in [0.2, 0.25) is 5.95 Å². The average Bonchev–Trinajstić information content (AvgIpc) is 3.51. The molecule has 5 heterocycles. The van der Waals surface area contributed by atoms with E-state index in [1.54, 1.807) is 6.07 Å². The second-order valence-corrected chi connectivity index (χ2v) is 8.57. The van der Waals surface area contributed by atoms with Crippen LogP contribution in [0.4, 0.5) is 30.8 Å². The number of nitrogens with two attached hydrogens (primary N) is 1. The van der Waals surface area contributed by atoms with Crippen LogP contribution in [0.25, 0.3) is 11.3 Å². The molecule has 32 heavy (non-hydrogen) atoms. The molecular weight excluding hydrogens is 425 g/mol. The molecule has 2 aromatic heterocycles. The highest BCUT2D eigenvalue weighted by Crippen LogP contribution is 2.37. The largest absolute Gasteiger partial charge is 0.431 e. The highest BCUT2D eigenvalue weighted by molar-refractivity contribution is 5.68. The number of ether oxygens (including phenoxy) is 2. The Labute approximate surface area is 183 Å². The van der Waals surface area contributed by atoms with Crippen molar-refractivity contribution in [3.63, 3.8) is 0 Å². The van der Waals surface area contributed by atoms with Crippen molar-refractivity contribution in [3.05, 3.63) is 18.3 Å². The van der Waals surface area contributed by atoms with E-state index in [2.05, 4.69) is 19.6 Å². The molecule has 2 N–H and O–H groups in total. The fraction of sp³-hybridized carbons (Fsp3) is 0.571. The summed E-state index contributed by atoms with van der Waals surface area (Å²) in [6, 6.07) is 3.40. The van der Waals surface area contributed by atoms with Gasteiger partial charge in [-0.15, -0.1) is 0 Å². The Morgan fingerprint density at radius 2 is 2.19 bits per heavy atom. The Bertz CT molecular complexity index is 1010. The molecule has 0 saturated carbocycles. The van der Waals surface area contributed by atoms with Crippen LogP contribution in [0.5, 0.6) is 5.75 Å². The fourth-order valence-electron chi connectivity index (χ4n) is 4.62. The van der Waals surface area contributed by atoms with E-state index >= 15 is 0 Å². The summed E-state index contributed by atoms with van der Waals surface area (Å²) in [5.41, 5.74) is 5.35. The maximum atomic E-state index is 14.9. The van der Waals surface area contributed by atoms with Crippen LogP contribution in [-0.4, -0.2) is 65.6 Å². The van der Waals surface area contributed by atoms with E-state index in [9.17, 15) is 13.2 Å². The minimum absolute atomic E-state index is 0.137. The first-order chi connectivity index (χ1) is 15.3. The zero-order valence-corrected chi connectivity index (χ0v) is 17.7. The van der Waals surface area contributed by atoms with E-state index in [1.807, 2.05) is 11.8 Å². The molecule has 0 radical (unpaired) electrons. The monoisotopic (exact) mass is 450 g/mol. The van der Waals surface area contributed by atoms with Crippen LogP contribution in [0.15, 0.2) is 18.3 Å². The molecule has 3 saturated heterocycles. The number of hydrogen-bond donors (Lipinski definition) is 1. The molecule has 1 unspecified atom stereocenters. The Kier molecular flexibility index (Phi) is 5.23. The van der Waals surface area contributed by atoms with Crippen LogP contribution >= 0.6 is 0 Å². The predicted octanol–water partition coefficient (Wildman–Crippen LogP) is 3.03. The summed E-state index contributed by atoms with van der Waals surface area (Å²) in [5.74, 6) is 0.745. The fourth-order valence-corrected chi connectivity index (χ4v) is 4.62. The Morgan fingerprint density at radius 1 is 1.34 bits per heavy atom. The molecule has 3 aliphatic rings. The first-order valence-electron chi connectivity index (χ1n) is 10.8. The summed E-state index contributed by atoms with van der Waals surface area (Å²) >= 11 is 0. The number of nitrogen functional groups attached to an aromatic ring is 1. The van der Waals surface area contributed by atoms with Gasteiger partial charge >= 0.3 is 6.61 Å². The second-order valence-electron chi connectivity index (χ2n) is 8.57. The number of halogens is 3. The minimum Gasteiger partial charge on any atom is -0.431 e. The SMILES string of the molecule is CCC1(F)CCN(c2nc(-c3cnc(N)c(OC(F)F)c3)cc(N3C[C@@H]4C[C@H]3CO4)n2)C1. The molecular formula is C21H25F3N6O2. The van der Waals surface area contributed by atoms with Crippen molar-refractivity contribution in [1.29, 1.82) is 0 Å². The normalized spacial score (nSPS) is 27.0. The highest BCUT2D eigenvalue weighted by Gasteiger charge is 2.41. The van der Waals surface area contributed by atoms with Crippen molar-refractivity contribution < 1.29 is 22.6 Å². The number of nitrogens with zero attached hydrogens (tertiary/aromatic N) is 5. The number of anilines is 3. The number of rotatable bonds is 6. The van der Waals surface area contributed by atoms with E-state index in [0.29, 0.717) is 55.6 Å². The number of pyridine rings is 1. The third-order valence-corrected chi connectivity index (χ3v) is 6.51. The molecule has 0 amide bonds. The van der Waals surface area contributed by atoms with E-state index in [-0.39, 0.29) is 30.3 Å². The van der Waals surface area contributed by atoms with E-state index < -0.39 is 12.3 Å². The van der Waals surface area contributed by atoms with E-state index in [1.165, 1.54) is 12.3 Å². The van der Waals surface area contributed by atoms with Crippen molar-refractivity contribution in [1.82, 2.24) is 15.0 Å². The average molecular weight is 450 g/mol. The second kappa shape index (κ2) is 7.95. The molecule has 3 atom stereocenters. The van der Waals surface area contributed by atoms with Gasteiger partial charge in [-0.05, 0) is 18.9 Å². The van der Waals surface area contributed by atoms with Gasteiger partial charge in [-0.2, -0.15) is 13.8 Å². The van der Waals surface area contributed by atoms with Crippen molar-refractivity contribution in [3.8, 4) is 17.0 Å². The van der Waals surface area contributed by atoms with Gasteiger partial charge in [-0.1, -0.05) is 6.92 Å². The zero-order valence-electron chi connectivity index (χ0n) is 17.7. The molecule has 0 spiro atoms. The number of aromatic nitrogens is 3. The number of alkyl halides is 3. The van der Waals surface area contributed by atoms with E-state index in [0.717, 1.165) is 6.42 Å². The van der Waals surface area contributed by atoms with Crippen molar-refractivity contribution in [2.75, 3.05) is 41.8 Å². The van der Waals surface area contributed by atoms with Gasteiger partial charge in [0, 0.05) is 37.3 Å². The zero-order chi connectivity index (χ0) is 22.5. The summed E-state index contributed by atoms with van der Waals surface area (Å²) in [6.07, 6.45) is 3.37. The van der Waals surface area contributed by atoms with Crippen LogP contribution in [0.1, 0.15) is 26.2 Å². The maximum Gasteiger partial charge on any atom is 0.387 e. The van der Waals surface area contributed by atoms with Gasteiger partial charge in [0.05, 0.1) is 31.0 Å². The van der Waals surface area contributed by atoms with Gasteiger partial charge in [0.15, 0.2) is 11.6 Å². The quantitative estimate of drug-likeness (QED) is 0.719. The number of morpholine rings is 1. The molecule has 3 fully saturated rings. The molecule has 172 valence electrons. The third-order valence-electron chi connectivity index (χ3n) is 6.51. The van der Waals surface area contributed by atoms with Gasteiger partial charge in [-0.3, -0.25) is 0 Å². The summed E-state index contributed by atoms with van der Waals surface area (Å²) in [4.78, 5) is 17.4. The summed E-state index contributed by atoms with van der Waals surface area (Å²) in [7, 11) is 0. The lowest BCUT2D eigenvalue weighted by molar-refractivity contribution is -0.0494. The topological polar surface area (TPSA) is 89.6 Å². The summed E-state index contributed by atoms with van der Waals surface area (Å²) in [6.45, 7) is 0.855. The minimum atomic E-state index is -3.03. The summed E-state index contributed by atoms with van der Waals surface area (Å²) < 4.78 is 50.7. The predicted molar refractivity (Wildman–Crippen MR) is 113 cm³/mol. The number of fused-ring (bicyclic) bond motifs is 2. The first kappa shape index (κ1) is 21.0. The van der Waals surface area contributed by atoms with Crippen LogP contribution < -0.4 is 20.3 Å². The number of hydrogen-bond acceptors (Lipinski definition) is 8. The molecule has 2 aromatic rings. The lowest BCUT2D eigenvalue weighted by atomic mass is 10.0. The molecule has 5 rings (SSSR count). The Morgan fingerprint density at radius 3 is 2.84 bits per heavy atom. The summed E-state index contributed by atoms with van der Waals surface area (Å²) in [5, 5.41) is 0. The molecule has 3 aliphatic heterocycles. The van der Waals surface area contributed by atoms with Gasteiger partial charge in [0.1, 0.15) is 11.5 Å². The van der Waals surface area contributed by atoms with Crippen LogP contribution in [-0.2, 0) is 4.74 Å². The van der Waals surface area contributed by atoms with Gasteiger partial charge < -0.3 is 25.0 Å². The first-order valence-corrected chi connectivity index (χ1v) is 10.8. The lowest BCUT2D eigenvalue weighted by Crippen LogP contribution is -2.38. The molecule has 2 bridgehead atoms. The smallest absolute Gasteiger partial charge is 0.387 e. The third kappa shape index (κ3) is 3.89. The van der Waals surface area contributed by atoms with Gasteiger partial charge in [0.25, 0.3) is 0 Å². The lowest BCUT2D eigenvalue weighted by Gasteiger charge is -2.29. The van der Waals surface area contributed by atoms with Crippen LogP contribution in [0.2, 0.25) is 0 Å². The van der Waals surface area contributed by atoms with Crippen LogP contribution in [0.3, 0.4) is 0 Å². The molecule has 0 aliphatic carbocycles.